The molecule has 1 N–H and O–H groups in total. The van der Waals surface area contributed by atoms with Crippen molar-refractivity contribution in [2.75, 3.05) is 6.54 Å². The van der Waals surface area contributed by atoms with Crippen LogP contribution < -0.4 is 5.56 Å². The number of carbonyl (C=O) groups excluding carboxylic acids is 1. The molecule has 8 heteroatoms. The van der Waals surface area contributed by atoms with E-state index in [1.165, 1.54) is 10.7 Å². The van der Waals surface area contributed by atoms with Crippen LogP contribution in [0.25, 0.3) is 11.3 Å². The highest BCUT2D eigenvalue weighted by Gasteiger charge is 2.32. The Bertz CT molecular complexity index is 1040. The van der Waals surface area contributed by atoms with Gasteiger partial charge in [0, 0.05) is 36.3 Å². The summed E-state index contributed by atoms with van der Waals surface area (Å²) in [6.45, 7) is 4.72. The minimum atomic E-state index is -0.173. The third-order valence-electron chi connectivity index (χ3n) is 5.21. The summed E-state index contributed by atoms with van der Waals surface area (Å²) in [7, 11) is 0. The number of hydrogen-bond acceptors (Lipinski definition) is 5. The zero-order valence-corrected chi connectivity index (χ0v) is 15.9. The van der Waals surface area contributed by atoms with Crippen LogP contribution in [0.1, 0.15) is 34.6 Å². The topological polar surface area (TPSA) is 96.8 Å². The Morgan fingerprint density at radius 3 is 2.71 bits per heavy atom. The molecule has 1 aliphatic rings. The quantitative estimate of drug-likeness (QED) is 0.748. The van der Waals surface area contributed by atoms with E-state index in [2.05, 4.69) is 20.3 Å². The van der Waals surface area contributed by atoms with Crippen molar-refractivity contribution in [2.24, 2.45) is 0 Å². The first-order chi connectivity index (χ1) is 13.5. The maximum atomic E-state index is 13.1. The molecule has 8 nitrogen and oxygen atoms in total. The van der Waals surface area contributed by atoms with Crippen molar-refractivity contribution in [1.29, 1.82) is 0 Å². The summed E-state index contributed by atoms with van der Waals surface area (Å²) in [5.41, 5.74) is 3.52. The SMILES string of the molecule is Cc1n[nH]c(C)c1C(=O)N1CCCC1Cn1nc(-c2ccncc2)ccc1=O. The highest BCUT2D eigenvalue weighted by Crippen LogP contribution is 2.23. The van der Waals surface area contributed by atoms with Crippen LogP contribution >= 0.6 is 0 Å². The molecule has 144 valence electrons. The molecule has 1 aliphatic heterocycles. The number of aromatic amines is 1. The van der Waals surface area contributed by atoms with Gasteiger partial charge in [-0.2, -0.15) is 10.2 Å². The number of nitrogens with zero attached hydrogens (tertiary/aromatic N) is 5. The van der Waals surface area contributed by atoms with Gasteiger partial charge in [-0.25, -0.2) is 4.68 Å². The number of aryl methyl sites for hydroxylation is 2. The summed E-state index contributed by atoms with van der Waals surface area (Å²) in [4.78, 5) is 31.3. The van der Waals surface area contributed by atoms with Crippen LogP contribution in [0, 0.1) is 13.8 Å². The summed E-state index contributed by atoms with van der Waals surface area (Å²) in [5, 5.41) is 11.5. The number of hydrogen-bond donors (Lipinski definition) is 1. The van der Waals surface area contributed by atoms with Gasteiger partial charge in [0.1, 0.15) is 0 Å². The number of rotatable bonds is 4. The fourth-order valence-electron chi connectivity index (χ4n) is 3.76. The Morgan fingerprint density at radius 1 is 1.21 bits per heavy atom. The Balaban J connectivity index is 1.60. The van der Waals surface area contributed by atoms with Gasteiger partial charge >= 0.3 is 0 Å². The molecule has 4 heterocycles. The van der Waals surface area contributed by atoms with Gasteiger partial charge in [0.05, 0.1) is 29.5 Å². The van der Waals surface area contributed by atoms with E-state index >= 15 is 0 Å². The van der Waals surface area contributed by atoms with Gasteiger partial charge in [-0.05, 0) is 44.9 Å². The normalized spacial score (nSPS) is 16.5. The lowest BCUT2D eigenvalue weighted by atomic mass is 10.1. The number of H-pyrrole nitrogens is 1. The van der Waals surface area contributed by atoms with Crippen LogP contribution in [0.15, 0.2) is 41.5 Å². The van der Waals surface area contributed by atoms with Crippen molar-refractivity contribution in [3.63, 3.8) is 0 Å². The Morgan fingerprint density at radius 2 is 2.00 bits per heavy atom. The largest absolute Gasteiger partial charge is 0.334 e. The van der Waals surface area contributed by atoms with Crippen LogP contribution in [-0.2, 0) is 6.54 Å². The molecule has 1 fully saturated rings. The molecule has 0 radical (unpaired) electrons. The predicted molar refractivity (Wildman–Crippen MR) is 104 cm³/mol. The van der Waals surface area contributed by atoms with Crippen LogP contribution in [0.2, 0.25) is 0 Å². The van der Waals surface area contributed by atoms with Gasteiger partial charge in [-0.3, -0.25) is 19.7 Å². The highest BCUT2D eigenvalue weighted by molar-refractivity contribution is 5.96. The van der Waals surface area contributed by atoms with Gasteiger partial charge in [-0.1, -0.05) is 0 Å². The van der Waals surface area contributed by atoms with Gasteiger partial charge in [0.15, 0.2) is 0 Å². The van der Waals surface area contributed by atoms with Crippen molar-refractivity contribution in [1.82, 2.24) is 29.9 Å². The molecule has 1 saturated heterocycles. The molecule has 4 rings (SSSR count). The van der Waals surface area contributed by atoms with Crippen LogP contribution in [0.4, 0.5) is 0 Å². The van der Waals surface area contributed by atoms with Gasteiger partial charge in [-0.15, -0.1) is 0 Å². The number of carbonyl (C=O) groups is 1. The van der Waals surface area contributed by atoms with Crippen molar-refractivity contribution >= 4 is 5.91 Å². The summed E-state index contributed by atoms with van der Waals surface area (Å²) < 4.78 is 1.46. The average Bonchev–Trinajstić information content (AvgIpc) is 3.30. The fourth-order valence-corrected chi connectivity index (χ4v) is 3.76. The molecule has 3 aromatic rings. The standard InChI is InChI=1S/C20H22N6O2/c1-13-19(14(2)23-22-13)20(28)25-11-3-4-16(25)12-26-18(27)6-5-17(24-26)15-7-9-21-10-8-15/h5-10,16H,3-4,11-12H2,1-2H3,(H,22,23). The lowest BCUT2D eigenvalue weighted by molar-refractivity contribution is 0.0719. The molecule has 3 aromatic heterocycles. The van der Waals surface area contributed by atoms with E-state index in [1.807, 2.05) is 30.9 Å². The van der Waals surface area contributed by atoms with Crippen LogP contribution in [0.5, 0.6) is 0 Å². The van der Waals surface area contributed by atoms with Gasteiger partial charge in [0.25, 0.3) is 11.5 Å². The second-order valence-electron chi connectivity index (χ2n) is 7.08. The maximum absolute atomic E-state index is 13.1. The van der Waals surface area contributed by atoms with E-state index in [1.54, 1.807) is 18.5 Å². The Labute approximate surface area is 162 Å². The number of likely N-dealkylation sites (tertiary alicyclic amines) is 1. The van der Waals surface area contributed by atoms with Crippen LogP contribution in [-0.4, -0.2) is 48.4 Å². The maximum Gasteiger partial charge on any atom is 0.266 e. The second kappa shape index (κ2) is 7.38. The first kappa shape index (κ1) is 18.1. The molecule has 1 atom stereocenters. The molecular weight excluding hydrogens is 356 g/mol. The number of amides is 1. The monoisotopic (exact) mass is 378 g/mol. The highest BCUT2D eigenvalue weighted by atomic mass is 16.2. The van der Waals surface area contributed by atoms with E-state index in [0.29, 0.717) is 30.0 Å². The van der Waals surface area contributed by atoms with Gasteiger partial charge < -0.3 is 4.90 Å². The Kier molecular flexibility index (Phi) is 4.77. The average molecular weight is 378 g/mol. The van der Waals surface area contributed by atoms with E-state index in [9.17, 15) is 9.59 Å². The molecule has 0 bridgehead atoms. The molecule has 0 aromatic carbocycles. The van der Waals surface area contributed by atoms with E-state index < -0.39 is 0 Å². The fraction of sp³-hybridized carbons (Fsp3) is 0.350. The van der Waals surface area contributed by atoms with Crippen molar-refractivity contribution < 1.29 is 4.79 Å². The van der Waals surface area contributed by atoms with E-state index in [-0.39, 0.29) is 17.5 Å². The zero-order chi connectivity index (χ0) is 19.7. The first-order valence-corrected chi connectivity index (χ1v) is 9.35. The smallest absolute Gasteiger partial charge is 0.266 e. The minimum absolute atomic E-state index is 0.0374. The Hall–Kier alpha value is -3.29. The van der Waals surface area contributed by atoms with Crippen molar-refractivity contribution in [3.05, 3.63) is 64.0 Å². The predicted octanol–water partition coefficient (Wildman–Crippen LogP) is 1.95. The summed E-state index contributed by atoms with van der Waals surface area (Å²) in [6, 6.07) is 6.87. The summed E-state index contributed by atoms with van der Waals surface area (Å²) >= 11 is 0. The van der Waals surface area contributed by atoms with Crippen molar-refractivity contribution in [3.8, 4) is 11.3 Å². The first-order valence-electron chi connectivity index (χ1n) is 9.35. The zero-order valence-electron chi connectivity index (χ0n) is 15.9. The second-order valence-corrected chi connectivity index (χ2v) is 7.08. The number of aromatic nitrogens is 5. The molecule has 1 amide bonds. The molecule has 0 saturated carbocycles. The van der Waals surface area contributed by atoms with Crippen LogP contribution in [0.3, 0.4) is 0 Å². The molecule has 0 spiro atoms. The van der Waals surface area contributed by atoms with Gasteiger partial charge in [0.2, 0.25) is 0 Å². The minimum Gasteiger partial charge on any atom is -0.334 e. The molecule has 28 heavy (non-hydrogen) atoms. The summed E-state index contributed by atoms with van der Waals surface area (Å²) in [5.74, 6) is -0.0374. The molecular formula is C20H22N6O2. The lowest BCUT2D eigenvalue weighted by Crippen LogP contribution is -2.41. The third-order valence-corrected chi connectivity index (χ3v) is 5.21. The third kappa shape index (κ3) is 3.33. The van der Waals surface area contributed by atoms with E-state index in [4.69, 9.17) is 0 Å². The molecule has 1 unspecified atom stereocenters. The summed E-state index contributed by atoms with van der Waals surface area (Å²) in [6.07, 6.45) is 5.14. The van der Waals surface area contributed by atoms with E-state index in [0.717, 1.165) is 24.1 Å². The number of nitrogens with one attached hydrogen (secondary N) is 1. The van der Waals surface area contributed by atoms with Crippen molar-refractivity contribution in [2.45, 2.75) is 39.3 Å². The number of pyridine rings is 1. The lowest BCUT2D eigenvalue weighted by Gasteiger charge is -2.25. The molecule has 0 aliphatic carbocycles.